The fourth-order valence-electron chi connectivity index (χ4n) is 5.41. The van der Waals surface area contributed by atoms with E-state index in [-0.39, 0.29) is 16.9 Å². The molecule has 1 nitrogen and oxygen atoms in total. The molecule has 4 atom stereocenters. The molecular weight excluding hydrogens is 256 g/mol. The number of hydrogen-bond acceptors (Lipinski definition) is 1. The molecule has 0 aromatic rings. The van der Waals surface area contributed by atoms with Gasteiger partial charge in [0, 0.05) is 0 Å². The second-order valence-electron chi connectivity index (χ2n) is 8.26. The van der Waals surface area contributed by atoms with Crippen LogP contribution in [0.4, 0.5) is 0 Å². The molecule has 0 heterocycles. The highest BCUT2D eigenvalue weighted by molar-refractivity contribution is 5.18. The van der Waals surface area contributed by atoms with Crippen molar-refractivity contribution >= 4 is 0 Å². The summed E-state index contributed by atoms with van der Waals surface area (Å²) in [5.74, 6) is 1.18. The van der Waals surface area contributed by atoms with Crippen molar-refractivity contribution in [1.29, 1.82) is 0 Å². The van der Waals surface area contributed by atoms with E-state index >= 15 is 0 Å². The fraction of sp³-hybridized carbons (Fsp3) is 0.700. The van der Waals surface area contributed by atoms with Gasteiger partial charge in [0.05, 0.1) is 6.10 Å². The third-order valence-electron chi connectivity index (χ3n) is 6.26. The van der Waals surface area contributed by atoms with Crippen LogP contribution in [0.3, 0.4) is 0 Å². The van der Waals surface area contributed by atoms with Crippen LogP contribution in [0, 0.1) is 22.7 Å². The Morgan fingerprint density at radius 1 is 1.33 bits per heavy atom. The molecule has 2 aliphatic rings. The lowest BCUT2D eigenvalue weighted by atomic mass is 9.46. The summed E-state index contributed by atoms with van der Waals surface area (Å²) in [5.41, 5.74) is 2.90. The molecule has 0 aromatic carbocycles. The van der Waals surface area contributed by atoms with E-state index in [1.807, 2.05) is 6.08 Å². The molecule has 0 saturated heterocycles. The highest BCUT2D eigenvalue weighted by Crippen LogP contribution is 2.61. The third kappa shape index (κ3) is 3.04. The summed E-state index contributed by atoms with van der Waals surface area (Å²) < 4.78 is 0. The SMILES string of the molecule is C=CC(=C)CCC1C(=C)CCC2C(C)(C)CC(O)CC12C. The molecular formula is C20H32O. The zero-order valence-electron chi connectivity index (χ0n) is 14.1. The first-order valence-corrected chi connectivity index (χ1v) is 8.36. The summed E-state index contributed by atoms with van der Waals surface area (Å²) in [6, 6.07) is 0. The van der Waals surface area contributed by atoms with Crippen LogP contribution in [0.25, 0.3) is 0 Å². The lowest BCUT2D eigenvalue weighted by Crippen LogP contribution is -2.53. The largest absolute Gasteiger partial charge is 0.393 e. The van der Waals surface area contributed by atoms with Crippen LogP contribution in [0.1, 0.15) is 59.3 Å². The summed E-state index contributed by atoms with van der Waals surface area (Å²) in [5, 5.41) is 10.4. The van der Waals surface area contributed by atoms with Crippen LogP contribution in [0.2, 0.25) is 0 Å². The predicted molar refractivity (Wildman–Crippen MR) is 91.1 cm³/mol. The van der Waals surface area contributed by atoms with Gasteiger partial charge in [-0.05, 0) is 61.2 Å². The highest BCUT2D eigenvalue weighted by atomic mass is 16.3. The maximum Gasteiger partial charge on any atom is 0.0551 e. The summed E-state index contributed by atoms with van der Waals surface area (Å²) in [4.78, 5) is 0. The molecule has 0 spiro atoms. The van der Waals surface area contributed by atoms with Crippen LogP contribution in [0.5, 0.6) is 0 Å². The summed E-state index contributed by atoms with van der Waals surface area (Å²) in [7, 11) is 0. The number of rotatable bonds is 4. The van der Waals surface area contributed by atoms with Crippen LogP contribution in [0.15, 0.2) is 37.0 Å². The van der Waals surface area contributed by atoms with Crippen molar-refractivity contribution in [2.45, 2.75) is 65.4 Å². The molecule has 0 aliphatic heterocycles. The molecule has 2 saturated carbocycles. The number of aliphatic hydroxyl groups excluding tert-OH is 1. The van der Waals surface area contributed by atoms with Crippen LogP contribution in [-0.4, -0.2) is 11.2 Å². The monoisotopic (exact) mass is 288 g/mol. The van der Waals surface area contributed by atoms with E-state index in [2.05, 4.69) is 40.5 Å². The average Bonchev–Trinajstić information content (AvgIpc) is 2.35. The van der Waals surface area contributed by atoms with E-state index in [4.69, 9.17) is 0 Å². The minimum absolute atomic E-state index is 0.169. The maximum atomic E-state index is 10.4. The van der Waals surface area contributed by atoms with Crippen molar-refractivity contribution < 1.29 is 5.11 Å². The lowest BCUT2D eigenvalue weighted by Gasteiger charge is -2.59. The standard InChI is InChI=1S/C20H32O/c1-7-14(2)8-10-17-15(3)9-11-18-19(4,5)12-16(21)13-20(17,18)6/h7,16-18,21H,1-3,8-13H2,4-6H3. The maximum absolute atomic E-state index is 10.4. The summed E-state index contributed by atoms with van der Waals surface area (Å²) in [6.07, 6.45) is 8.02. The van der Waals surface area contributed by atoms with Gasteiger partial charge in [0.1, 0.15) is 0 Å². The van der Waals surface area contributed by atoms with Gasteiger partial charge in [-0.15, -0.1) is 0 Å². The van der Waals surface area contributed by atoms with Crippen molar-refractivity contribution in [3.8, 4) is 0 Å². The zero-order valence-corrected chi connectivity index (χ0v) is 14.1. The first kappa shape index (κ1) is 16.5. The van der Waals surface area contributed by atoms with Gasteiger partial charge in [-0.2, -0.15) is 0 Å². The fourth-order valence-corrected chi connectivity index (χ4v) is 5.41. The highest BCUT2D eigenvalue weighted by Gasteiger charge is 2.54. The second kappa shape index (κ2) is 5.76. The van der Waals surface area contributed by atoms with Crippen molar-refractivity contribution in [1.82, 2.24) is 0 Å². The zero-order chi connectivity index (χ0) is 15.8. The molecule has 1 N–H and O–H groups in total. The smallest absolute Gasteiger partial charge is 0.0551 e. The third-order valence-corrected chi connectivity index (χ3v) is 6.26. The molecule has 4 unspecified atom stereocenters. The topological polar surface area (TPSA) is 20.2 Å². The number of hydrogen-bond donors (Lipinski definition) is 1. The van der Waals surface area contributed by atoms with Gasteiger partial charge in [0.25, 0.3) is 0 Å². The minimum atomic E-state index is -0.169. The van der Waals surface area contributed by atoms with E-state index in [0.717, 1.165) is 37.7 Å². The Hall–Kier alpha value is -0.820. The molecule has 0 radical (unpaired) electrons. The van der Waals surface area contributed by atoms with E-state index < -0.39 is 0 Å². The molecule has 0 aromatic heterocycles. The van der Waals surface area contributed by atoms with E-state index in [1.165, 1.54) is 12.0 Å². The molecule has 0 bridgehead atoms. The van der Waals surface area contributed by atoms with Gasteiger partial charge in [-0.25, -0.2) is 0 Å². The first-order chi connectivity index (χ1) is 9.70. The van der Waals surface area contributed by atoms with Gasteiger partial charge >= 0.3 is 0 Å². The van der Waals surface area contributed by atoms with E-state index in [9.17, 15) is 5.11 Å². The molecule has 2 rings (SSSR count). The van der Waals surface area contributed by atoms with Gasteiger partial charge in [-0.3, -0.25) is 0 Å². The van der Waals surface area contributed by atoms with Gasteiger partial charge in [0.2, 0.25) is 0 Å². The predicted octanol–water partition coefficient (Wildman–Crippen LogP) is 5.28. The molecule has 2 fully saturated rings. The molecule has 0 amide bonds. The minimum Gasteiger partial charge on any atom is -0.393 e. The second-order valence-corrected chi connectivity index (χ2v) is 8.26. The van der Waals surface area contributed by atoms with Gasteiger partial charge in [-0.1, -0.05) is 57.7 Å². The van der Waals surface area contributed by atoms with E-state index in [1.54, 1.807) is 0 Å². The average molecular weight is 288 g/mol. The Labute approximate surface area is 130 Å². The number of allylic oxidation sites excluding steroid dienone is 3. The quantitative estimate of drug-likeness (QED) is 0.551. The molecule has 118 valence electrons. The Morgan fingerprint density at radius 3 is 2.62 bits per heavy atom. The number of fused-ring (bicyclic) bond motifs is 1. The Morgan fingerprint density at radius 2 is 2.00 bits per heavy atom. The van der Waals surface area contributed by atoms with Gasteiger partial charge < -0.3 is 5.11 Å². The van der Waals surface area contributed by atoms with Crippen LogP contribution in [-0.2, 0) is 0 Å². The molecule has 1 heteroatoms. The van der Waals surface area contributed by atoms with Crippen LogP contribution >= 0.6 is 0 Å². The summed E-state index contributed by atoms with van der Waals surface area (Å²) >= 11 is 0. The van der Waals surface area contributed by atoms with Crippen molar-refractivity contribution in [3.63, 3.8) is 0 Å². The first-order valence-electron chi connectivity index (χ1n) is 8.36. The Kier molecular flexibility index (Phi) is 4.54. The lowest BCUT2D eigenvalue weighted by molar-refractivity contribution is -0.105. The van der Waals surface area contributed by atoms with Crippen molar-refractivity contribution in [3.05, 3.63) is 37.0 Å². The van der Waals surface area contributed by atoms with Gasteiger partial charge in [0.15, 0.2) is 0 Å². The van der Waals surface area contributed by atoms with Crippen molar-refractivity contribution in [2.75, 3.05) is 0 Å². The van der Waals surface area contributed by atoms with Crippen LogP contribution < -0.4 is 0 Å². The molecule has 2 aliphatic carbocycles. The normalized spacial score (nSPS) is 38.7. The summed E-state index contributed by atoms with van der Waals surface area (Å²) in [6.45, 7) is 19.3. The Balaban J connectivity index is 2.27. The number of aliphatic hydroxyl groups is 1. The molecule has 21 heavy (non-hydrogen) atoms. The Bertz CT molecular complexity index is 445. The van der Waals surface area contributed by atoms with Crippen molar-refractivity contribution in [2.24, 2.45) is 22.7 Å². The van der Waals surface area contributed by atoms with E-state index in [0.29, 0.717) is 11.8 Å².